The first-order valence-electron chi connectivity index (χ1n) is 13.0. The molecule has 42 heavy (non-hydrogen) atoms. The number of methoxy groups -OCH3 is 1. The number of ether oxygens (including phenoxy) is 2. The first-order chi connectivity index (χ1) is 20.2. The van der Waals surface area contributed by atoms with Crippen molar-refractivity contribution in [3.05, 3.63) is 132 Å². The minimum atomic E-state index is -0.683. The number of amides is 1. The van der Waals surface area contributed by atoms with Gasteiger partial charge in [-0.25, -0.2) is 14.6 Å². The number of esters is 2. The quantitative estimate of drug-likeness (QED) is 0.334. The number of nitrogens with one attached hydrogen (secondary N) is 1. The number of nitrogens with zero attached hydrogens (tertiary/aromatic N) is 2. The molecule has 10 heteroatoms. The van der Waals surface area contributed by atoms with E-state index < -0.39 is 30.5 Å². The number of hydrogen-bond acceptors (Lipinski definition) is 8. The normalized spacial score (nSPS) is 14.5. The largest absolute Gasteiger partial charge is 0.466 e. The number of aromatic nitrogens is 1. The summed E-state index contributed by atoms with van der Waals surface area (Å²) < 4.78 is 12.1. The third-order valence-electron chi connectivity index (χ3n) is 6.66. The Labute approximate surface area is 245 Å². The number of anilines is 1. The van der Waals surface area contributed by atoms with Crippen molar-refractivity contribution in [2.75, 3.05) is 19.0 Å². The van der Waals surface area contributed by atoms with Gasteiger partial charge < -0.3 is 14.8 Å². The summed E-state index contributed by atoms with van der Waals surface area (Å²) in [6.45, 7) is 3.24. The van der Waals surface area contributed by atoms with Gasteiger partial charge in [0.1, 0.15) is 0 Å². The minimum Gasteiger partial charge on any atom is -0.466 e. The summed E-state index contributed by atoms with van der Waals surface area (Å²) in [4.78, 5) is 56.0. The zero-order valence-corrected chi connectivity index (χ0v) is 23.9. The molecule has 0 spiro atoms. The Morgan fingerprint density at radius 1 is 0.952 bits per heavy atom. The van der Waals surface area contributed by atoms with Crippen molar-refractivity contribution in [1.29, 1.82) is 0 Å². The lowest BCUT2D eigenvalue weighted by Crippen LogP contribution is -2.39. The van der Waals surface area contributed by atoms with Gasteiger partial charge in [-0.15, -0.1) is 0 Å². The van der Waals surface area contributed by atoms with Crippen LogP contribution in [0.3, 0.4) is 0 Å². The predicted molar refractivity (Wildman–Crippen MR) is 159 cm³/mol. The lowest BCUT2D eigenvalue weighted by molar-refractivity contribution is -0.136. The van der Waals surface area contributed by atoms with Crippen molar-refractivity contribution >= 4 is 40.9 Å². The van der Waals surface area contributed by atoms with Crippen molar-refractivity contribution in [2.45, 2.75) is 19.9 Å². The van der Waals surface area contributed by atoms with E-state index in [1.807, 2.05) is 49.4 Å². The maximum atomic E-state index is 13.6. The van der Waals surface area contributed by atoms with E-state index in [1.165, 1.54) is 23.0 Å². The molecule has 1 amide bonds. The summed E-state index contributed by atoms with van der Waals surface area (Å²) in [6.07, 6.45) is 1.70. The second-order valence-electron chi connectivity index (χ2n) is 9.60. The summed E-state index contributed by atoms with van der Waals surface area (Å²) in [6, 6.07) is 22.4. The van der Waals surface area contributed by atoms with E-state index >= 15 is 0 Å². The second-order valence-corrected chi connectivity index (χ2v) is 10.6. The van der Waals surface area contributed by atoms with Crippen molar-refractivity contribution < 1.29 is 23.9 Å². The van der Waals surface area contributed by atoms with Gasteiger partial charge in [0.05, 0.1) is 34.5 Å². The molecule has 2 heterocycles. The van der Waals surface area contributed by atoms with E-state index in [9.17, 15) is 19.2 Å². The fourth-order valence-electron chi connectivity index (χ4n) is 4.56. The number of rotatable bonds is 7. The molecule has 212 valence electrons. The van der Waals surface area contributed by atoms with Crippen LogP contribution in [0.25, 0.3) is 6.08 Å². The Bertz CT molecular complexity index is 1870. The molecule has 1 N–H and O–H groups in total. The monoisotopic (exact) mass is 581 g/mol. The fourth-order valence-corrected chi connectivity index (χ4v) is 5.61. The Kier molecular flexibility index (Phi) is 8.26. The van der Waals surface area contributed by atoms with Gasteiger partial charge in [-0.2, -0.15) is 0 Å². The molecule has 1 aliphatic heterocycles. The summed E-state index contributed by atoms with van der Waals surface area (Å²) in [7, 11) is 1.30. The third kappa shape index (κ3) is 5.98. The van der Waals surface area contributed by atoms with Gasteiger partial charge in [-0.3, -0.25) is 14.2 Å². The molecule has 0 saturated carbocycles. The molecular weight excluding hydrogens is 554 g/mol. The Morgan fingerprint density at radius 3 is 2.31 bits per heavy atom. The average Bonchev–Trinajstić information content (AvgIpc) is 3.30. The van der Waals surface area contributed by atoms with Crippen LogP contribution in [-0.4, -0.2) is 36.1 Å². The molecule has 1 unspecified atom stereocenters. The molecule has 5 rings (SSSR count). The van der Waals surface area contributed by atoms with Gasteiger partial charge in [0.15, 0.2) is 11.4 Å². The van der Waals surface area contributed by atoms with Crippen LogP contribution in [0.4, 0.5) is 5.69 Å². The number of thiazole rings is 1. The van der Waals surface area contributed by atoms with E-state index in [4.69, 9.17) is 9.47 Å². The number of carbonyl (C=O) groups excluding carboxylic acids is 3. The second kappa shape index (κ2) is 12.2. The molecule has 0 saturated heterocycles. The molecule has 0 bridgehead atoms. The van der Waals surface area contributed by atoms with Gasteiger partial charge in [0.25, 0.3) is 11.5 Å². The third-order valence-corrected chi connectivity index (χ3v) is 7.64. The Balaban J connectivity index is 1.36. The Hall–Kier alpha value is -5.09. The first-order valence-corrected chi connectivity index (χ1v) is 13.9. The number of carbonyl (C=O) groups is 3. The molecule has 4 aromatic rings. The lowest BCUT2D eigenvalue weighted by Gasteiger charge is -2.24. The maximum Gasteiger partial charge on any atom is 0.338 e. The fraction of sp³-hybridized carbons (Fsp3) is 0.156. The summed E-state index contributed by atoms with van der Waals surface area (Å²) in [5, 5.41) is 2.68. The van der Waals surface area contributed by atoms with Crippen LogP contribution in [0.15, 0.2) is 99.9 Å². The average molecular weight is 582 g/mol. The first kappa shape index (κ1) is 28.4. The molecule has 1 atom stereocenters. The number of benzene rings is 3. The maximum absolute atomic E-state index is 13.6. The molecule has 1 aromatic heterocycles. The zero-order valence-electron chi connectivity index (χ0n) is 23.1. The van der Waals surface area contributed by atoms with Gasteiger partial charge in [-0.1, -0.05) is 71.5 Å². The lowest BCUT2D eigenvalue weighted by atomic mass is 9.96. The number of aryl methyl sites for hydroxylation is 1. The van der Waals surface area contributed by atoms with Crippen LogP contribution >= 0.6 is 11.3 Å². The summed E-state index contributed by atoms with van der Waals surface area (Å²) in [5.74, 6) is -1.64. The van der Waals surface area contributed by atoms with Crippen LogP contribution in [0, 0.1) is 6.92 Å². The van der Waals surface area contributed by atoms with Crippen molar-refractivity contribution in [2.24, 2.45) is 4.99 Å². The minimum absolute atomic E-state index is 0.263. The van der Waals surface area contributed by atoms with Crippen LogP contribution < -0.4 is 20.2 Å². The smallest absolute Gasteiger partial charge is 0.338 e. The molecule has 3 aromatic carbocycles. The van der Waals surface area contributed by atoms with E-state index in [1.54, 1.807) is 49.4 Å². The van der Waals surface area contributed by atoms with Crippen molar-refractivity contribution in [3.8, 4) is 0 Å². The van der Waals surface area contributed by atoms with E-state index in [0.29, 0.717) is 31.9 Å². The topological polar surface area (TPSA) is 116 Å². The number of fused-ring (bicyclic) bond motifs is 1. The highest BCUT2D eigenvalue weighted by Gasteiger charge is 2.32. The molecule has 0 fully saturated rings. The molecule has 9 nitrogen and oxygen atoms in total. The molecule has 0 aliphatic carbocycles. The highest BCUT2D eigenvalue weighted by atomic mass is 32.1. The van der Waals surface area contributed by atoms with Crippen LogP contribution in [0.2, 0.25) is 0 Å². The van der Waals surface area contributed by atoms with Gasteiger partial charge in [0, 0.05) is 5.69 Å². The van der Waals surface area contributed by atoms with Gasteiger partial charge in [-0.05, 0) is 55.3 Å². The van der Waals surface area contributed by atoms with E-state index in [-0.39, 0.29) is 11.1 Å². The SMILES string of the molecule is COC(=O)C1=C(C)N=c2sc(=Cc3ccc(C(=O)OCC(=O)Nc4ccc(C)cc4)cc3)c(=O)n2C1c1ccccc1. The molecule has 0 radical (unpaired) electrons. The molecular formula is C32H27N3O6S. The van der Waals surface area contributed by atoms with Crippen LogP contribution in [-0.2, 0) is 19.1 Å². The van der Waals surface area contributed by atoms with E-state index in [0.717, 1.165) is 11.1 Å². The zero-order chi connectivity index (χ0) is 29.8. The van der Waals surface area contributed by atoms with Gasteiger partial charge in [0.2, 0.25) is 0 Å². The van der Waals surface area contributed by atoms with Gasteiger partial charge >= 0.3 is 11.9 Å². The van der Waals surface area contributed by atoms with E-state index in [2.05, 4.69) is 10.3 Å². The standard InChI is InChI=1S/C32H27N3O6S/c1-19-9-15-24(16-10-19)34-26(36)18-41-30(38)23-13-11-21(12-14-23)17-25-29(37)35-28(22-7-5-4-6-8-22)27(31(39)40-3)20(2)33-32(35)42-25/h4-17,28H,18H2,1-3H3,(H,34,36). The summed E-state index contributed by atoms with van der Waals surface area (Å²) in [5.41, 5.74) is 3.86. The highest BCUT2D eigenvalue weighted by Crippen LogP contribution is 2.30. The highest BCUT2D eigenvalue weighted by molar-refractivity contribution is 7.07. The van der Waals surface area contributed by atoms with Crippen molar-refractivity contribution in [1.82, 2.24) is 4.57 Å². The predicted octanol–water partition coefficient (Wildman–Crippen LogP) is 3.51. The van der Waals surface area contributed by atoms with Crippen molar-refractivity contribution in [3.63, 3.8) is 0 Å². The Morgan fingerprint density at radius 2 is 1.64 bits per heavy atom. The van der Waals surface area contributed by atoms with Crippen LogP contribution in [0.5, 0.6) is 0 Å². The van der Waals surface area contributed by atoms with Crippen LogP contribution in [0.1, 0.15) is 40.0 Å². The molecule has 1 aliphatic rings. The number of hydrogen-bond donors (Lipinski definition) is 1. The number of allylic oxidation sites excluding steroid dienone is 1. The summed E-state index contributed by atoms with van der Waals surface area (Å²) >= 11 is 1.21.